The molecular formula is C14H14N2O. The van der Waals surface area contributed by atoms with Crippen LogP contribution in [0.4, 0.5) is 0 Å². The van der Waals surface area contributed by atoms with Gasteiger partial charge in [-0.2, -0.15) is 0 Å². The van der Waals surface area contributed by atoms with Crippen LogP contribution >= 0.6 is 0 Å². The second-order valence-corrected chi connectivity index (χ2v) is 4.65. The van der Waals surface area contributed by atoms with Gasteiger partial charge in [0.15, 0.2) is 5.78 Å². The molecule has 3 nitrogen and oxygen atoms in total. The van der Waals surface area contributed by atoms with Crippen LogP contribution in [0.25, 0.3) is 11.0 Å². The normalized spacial score (nSPS) is 15.1. The molecule has 0 spiro atoms. The smallest absolute Gasteiger partial charge is 0.182 e. The summed E-state index contributed by atoms with van der Waals surface area (Å²) >= 11 is 0. The topological polar surface area (TPSA) is 42.9 Å². The van der Waals surface area contributed by atoms with Crippen molar-refractivity contribution >= 4 is 16.8 Å². The predicted octanol–water partition coefficient (Wildman–Crippen LogP) is 3.00. The van der Waals surface area contributed by atoms with Gasteiger partial charge in [0.25, 0.3) is 0 Å². The monoisotopic (exact) mass is 226 g/mol. The van der Waals surface area contributed by atoms with Gasteiger partial charge in [-0.25, -0.2) is 4.98 Å². The van der Waals surface area contributed by atoms with Gasteiger partial charge < -0.3 is 0 Å². The van der Waals surface area contributed by atoms with E-state index in [-0.39, 0.29) is 5.78 Å². The Labute approximate surface area is 99.9 Å². The van der Waals surface area contributed by atoms with Crippen LogP contribution in [-0.2, 0) is 0 Å². The standard InChI is InChI=1S/C14H14N2O/c17-14(8-7-10-5-6-10)13-9-15-11-3-1-2-4-12(11)16-13/h1-4,9-10H,5-8H2. The predicted molar refractivity (Wildman–Crippen MR) is 65.8 cm³/mol. The first kappa shape index (κ1) is 10.4. The highest BCUT2D eigenvalue weighted by atomic mass is 16.1. The SMILES string of the molecule is O=C(CCC1CC1)c1cnc2ccccc2n1. The van der Waals surface area contributed by atoms with E-state index in [1.165, 1.54) is 12.8 Å². The molecule has 2 aromatic rings. The summed E-state index contributed by atoms with van der Waals surface area (Å²) in [6.07, 6.45) is 5.79. The summed E-state index contributed by atoms with van der Waals surface area (Å²) in [6.45, 7) is 0. The zero-order valence-electron chi connectivity index (χ0n) is 9.60. The molecule has 0 bridgehead atoms. The average molecular weight is 226 g/mol. The van der Waals surface area contributed by atoms with E-state index in [4.69, 9.17) is 0 Å². The van der Waals surface area contributed by atoms with Gasteiger partial charge >= 0.3 is 0 Å². The molecule has 3 rings (SSSR count). The highest BCUT2D eigenvalue weighted by Gasteiger charge is 2.22. The lowest BCUT2D eigenvalue weighted by atomic mass is 10.1. The van der Waals surface area contributed by atoms with Crippen LogP contribution in [0.1, 0.15) is 36.2 Å². The minimum Gasteiger partial charge on any atom is -0.292 e. The number of Topliss-reactive ketones (excluding diaryl/α,β-unsaturated/α-hetero) is 1. The molecule has 17 heavy (non-hydrogen) atoms. The van der Waals surface area contributed by atoms with E-state index in [9.17, 15) is 4.79 Å². The van der Waals surface area contributed by atoms with Crippen molar-refractivity contribution in [2.24, 2.45) is 5.92 Å². The van der Waals surface area contributed by atoms with Crippen molar-refractivity contribution in [3.63, 3.8) is 0 Å². The van der Waals surface area contributed by atoms with E-state index < -0.39 is 0 Å². The average Bonchev–Trinajstić information content (AvgIpc) is 3.19. The van der Waals surface area contributed by atoms with Crippen molar-refractivity contribution in [1.29, 1.82) is 0 Å². The van der Waals surface area contributed by atoms with Crippen LogP contribution in [0.2, 0.25) is 0 Å². The van der Waals surface area contributed by atoms with E-state index in [0.29, 0.717) is 12.1 Å². The Morgan fingerprint density at radius 1 is 1.24 bits per heavy atom. The Morgan fingerprint density at radius 3 is 2.76 bits per heavy atom. The molecular weight excluding hydrogens is 212 g/mol. The molecule has 0 saturated heterocycles. The lowest BCUT2D eigenvalue weighted by Crippen LogP contribution is -2.03. The molecule has 1 aromatic heterocycles. The molecule has 0 N–H and O–H groups in total. The molecule has 0 aliphatic heterocycles. The van der Waals surface area contributed by atoms with Crippen LogP contribution in [-0.4, -0.2) is 15.8 Å². The van der Waals surface area contributed by atoms with Gasteiger partial charge in [0.05, 0.1) is 17.2 Å². The largest absolute Gasteiger partial charge is 0.292 e. The Hall–Kier alpha value is -1.77. The number of para-hydroxylation sites is 2. The third-order valence-corrected chi connectivity index (χ3v) is 3.21. The number of nitrogens with zero attached hydrogens (tertiary/aromatic N) is 2. The van der Waals surface area contributed by atoms with Crippen LogP contribution in [0.15, 0.2) is 30.5 Å². The first-order valence-electron chi connectivity index (χ1n) is 6.08. The fourth-order valence-electron chi connectivity index (χ4n) is 1.96. The van der Waals surface area contributed by atoms with Gasteiger partial charge in [-0.05, 0) is 24.5 Å². The lowest BCUT2D eigenvalue weighted by molar-refractivity contribution is 0.0973. The van der Waals surface area contributed by atoms with E-state index in [2.05, 4.69) is 9.97 Å². The Morgan fingerprint density at radius 2 is 2.00 bits per heavy atom. The van der Waals surface area contributed by atoms with Crippen molar-refractivity contribution in [1.82, 2.24) is 9.97 Å². The maximum Gasteiger partial charge on any atom is 0.182 e. The first-order chi connectivity index (χ1) is 8.33. The summed E-state index contributed by atoms with van der Waals surface area (Å²) < 4.78 is 0. The van der Waals surface area contributed by atoms with E-state index in [1.54, 1.807) is 6.20 Å². The van der Waals surface area contributed by atoms with Gasteiger partial charge in [-0.15, -0.1) is 0 Å². The lowest BCUT2D eigenvalue weighted by Gasteiger charge is -2.01. The maximum absolute atomic E-state index is 11.9. The molecule has 3 heteroatoms. The second-order valence-electron chi connectivity index (χ2n) is 4.65. The first-order valence-corrected chi connectivity index (χ1v) is 6.08. The third-order valence-electron chi connectivity index (χ3n) is 3.21. The number of benzene rings is 1. The summed E-state index contributed by atoms with van der Waals surface area (Å²) in [5.74, 6) is 0.905. The number of carbonyl (C=O) groups is 1. The highest BCUT2D eigenvalue weighted by Crippen LogP contribution is 2.33. The van der Waals surface area contributed by atoms with Gasteiger partial charge in [0, 0.05) is 6.42 Å². The van der Waals surface area contributed by atoms with Gasteiger partial charge in [0.1, 0.15) is 5.69 Å². The van der Waals surface area contributed by atoms with Crippen molar-refractivity contribution in [3.05, 3.63) is 36.2 Å². The van der Waals surface area contributed by atoms with Gasteiger partial charge in [-0.3, -0.25) is 9.78 Å². The highest BCUT2D eigenvalue weighted by molar-refractivity contribution is 5.95. The third kappa shape index (κ3) is 2.33. The minimum absolute atomic E-state index is 0.121. The maximum atomic E-state index is 11.9. The number of hydrogen-bond acceptors (Lipinski definition) is 3. The minimum atomic E-state index is 0.121. The molecule has 86 valence electrons. The molecule has 1 fully saturated rings. The molecule has 0 unspecified atom stereocenters. The Kier molecular flexibility index (Phi) is 2.59. The van der Waals surface area contributed by atoms with Crippen molar-refractivity contribution in [3.8, 4) is 0 Å². The van der Waals surface area contributed by atoms with E-state index in [1.807, 2.05) is 24.3 Å². The molecule has 0 amide bonds. The van der Waals surface area contributed by atoms with Crippen LogP contribution in [0.3, 0.4) is 0 Å². The molecule has 1 heterocycles. The zero-order chi connectivity index (χ0) is 11.7. The fourth-order valence-corrected chi connectivity index (χ4v) is 1.96. The number of fused-ring (bicyclic) bond motifs is 1. The summed E-state index contributed by atoms with van der Waals surface area (Å²) in [4.78, 5) is 20.5. The van der Waals surface area contributed by atoms with Gasteiger partial charge in [0.2, 0.25) is 0 Å². The van der Waals surface area contributed by atoms with Crippen molar-refractivity contribution in [2.75, 3.05) is 0 Å². The summed E-state index contributed by atoms with van der Waals surface area (Å²) in [6, 6.07) is 7.63. The number of carbonyl (C=O) groups excluding carboxylic acids is 1. The summed E-state index contributed by atoms with van der Waals surface area (Å²) in [5.41, 5.74) is 2.14. The van der Waals surface area contributed by atoms with Crippen LogP contribution < -0.4 is 0 Å². The Balaban J connectivity index is 1.81. The van der Waals surface area contributed by atoms with Gasteiger partial charge in [-0.1, -0.05) is 25.0 Å². The van der Waals surface area contributed by atoms with E-state index >= 15 is 0 Å². The summed E-state index contributed by atoms with van der Waals surface area (Å²) in [5, 5.41) is 0. The van der Waals surface area contributed by atoms with Crippen LogP contribution in [0, 0.1) is 5.92 Å². The molecule has 1 aliphatic carbocycles. The molecule has 1 aromatic carbocycles. The molecule has 0 radical (unpaired) electrons. The fraction of sp³-hybridized carbons (Fsp3) is 0.357. The molecule has 1 saturated carbocycles. The van der Waals surface area contributed by atoms with Crippen molar-refractivity contribution in [2.45, 2.75) is 25.7 Å². The number of aromatic nitrogens is 2. The second kappa shape index (κ2) is 4.24. The summed E-state index contributed by atoms with van der Waals surface area (Å²) in [7, 11) is 0. The molecule has 0 atom stereocenters. The van der Waals surface area contributed by atoms with E-state index in [0.717, 1.165) is 23.4 Å². The van der Waals surface area contributed by atoms with Crippen molar-refractivity contribution < 1.29 is 4.79 Å². The Bertz CT molecular complexity index is 561. The quantitative estimate of drug-likeness (QED) is 0.753. The number of ketones is 1. The molecule has 1 aliphatic rings. The number of rotatable bonds is 4. The van der Waals surface area contributed by atoms with Crippen LogP contribution in [0.5, 0.6) is 0 Å². The zero-order valence-corrected chi connectivity index (χ0v) is 9.60. The number of hydrogen-bond donors (Lipinski definition) is 0.